The molecule has 102 heavy (non-hydrogen) atoms. The first-order valence-electron chi connectivity index (χ1n) is 31.6. The van der Waals surface area contributed by atoms with E-state index in [1.165, 1.54) is 0 Å². The number of carbonyl (C=O) groups excluding carboxylic acids is 3. The summed E-state index contributed by atoms with van der Waals surface area (Å²) >= 11 is 0. The van der Waals surface area contributed by atoms with E-state index in [1.807, 2.05) is 0 Å². The smallest absolute Gasteiger partial charge is 0.397 e. The van der Waals surface area contributed by atoms with Gasteiger partial charge in [0.1, 0.15) is 183 Å². The molecule has 8 heterocycles. The predicted molar refractivity (Wildman–Crippen MR) is 309 cm³/mol. The summed E-state index contributed by atoms with van der Waals surface area (Å²) in [6.45, 7) is -3.09. The Hall–Kier alpha value is -3.65. The molecule has 48 heteroatoms. The molecule has 0 aromatic heterocycles. The molecule has 0 radical (unpaired) electrons. The second-order valence-corrected chi connectivity index (χ2v) is 26.3. The normalized spacial score (nSPS) is 48.2. The highest BCUT2D eigenvalue weighted by molar-refractivity contribution is 7.80. The van der Waals surface area contributed by atoms with Gasteiger partial charge in [0.15, 0.2) is 56.4 Å². The molecule has 0 aromatic carbocycles. The van der Waals surface area contributed by atoms with Crippen molar-refractivity contribution >= 4 is 34.1 Å². The Morgan fingerprint density at radius 2 is 0.755 bits per heavy atom. The SMILES string of the molecule is CC(=O)N[C@@H]1[C@@H](O[C@@H]2O[C@H](CO)[C@H](O[C@@H]3O[C@H](CO)[C@H](O[C@H]4O[C@H](CO)[C@H](O)[C@H](O)[C@H]4NC(C)=O)[C@H](O)[C@H]3O)[C@H](O[C@@H]3O[C@H](CO)[C@H](O)[C@H](O[C@@H]4O[C@H](C(=O)O)[C@@H](O)[C@H](O)[C@H]4O)[C@@H]3O)[C@H]2O[C@@H]2O[C@@H](C)[C@@H](O)[C@@H](O)[C@@H]2O)[C@@H](O)[C@@H](CO[C@@H]2O[C@H](COS(=O)(=O)O)[C@@H](O)[C@H](O)[C@H]2NC(C)=O)O[C@H]1O. The minimum absolute atomic E-state index is 0.835. The number of carboxylic acid groups (broad SMARTS) is 1. The number of hydrogen-bond acceptors (Lipinski definition) is 42. The van der Waals surface area contributed by atoms with Crippen molar-refractivity contribution in [1.29, 1.82) is 0 Å². The molecule has 8 saturated heterocycles. The van der Waals surface area contributed by atoms with Gasteiger partial charge in [-0.1, -0.05) is 0 Å². The van der Waals surface area contributed by atoms with Crippen LogP contribution in [0.3, 0.4) is 0 Å². The zero-order chi connectivity index (χ0) is 75.6. The summed E-state index contributed by atoms with van der Waals surface area (Å²) in [4.78, 5) is 49.8. The topological polar surface area (TPSA) is 731 Å². The van der Waals surface area contributed by atoms with E-state index in [9.17, 15) is 139 Å². The number of amides is 3. The largest absolute Gasteiger partial charge is 0.479 e. The third-order valence-electron chi connectivity index (χ3n) is 18.0. The highest BCUT2D eigenvalue weighted by Gasteiger charge is 2.61. The number of carboxylic acids is 1. The summed E-state index contributed by atoms with van der Waals surface area (Å²) in [5.41, 5.74) is 0. The number of aliphatic hydroxyl groups is 20. The third-order valence-corrected chi connectivity index (χ3v) is 18.4. The fraction of sp³-hybridized carbons (Fsp3) is 0.926. The van der Waals surface area contributed by atoms with Crippen LogP contribution in [0.5, 0.6) is 0 Å². The number of hydrogen-bond donors (Lipinski definition) is 25. The van der Waals surface area contributed by atoms with E-state index in [0.717, 1.165) is 27.7 Å². The Labute approximate surface area is 576 Å². The average molecular weight is 1520 g/mol. The average Bonchev–Trinajstić information content (AvgIpc) is 0.757. The van der Waals surface area contributed by atoms with Crippen molar-refractivity contribution in [2.24, 2.45) is 0 Å². The van der Waals surface area contributed by atoms with Crippen molar-refractivity contribution in [1.82, 2.24) is 16.0 Å². The van der Waals surface area contributed by atoms with Crippen LogP contribution in [0, 0.1) is 0 Å². The minimum atomic E-state index is -5.23. The van der Waals surface area contributed by atoms with E-state index in [0.29, 0.717) is 0 Å². The number of carbonyl (C=O) groups is 4. The minimum Gasteiger partial charge on any atom is -0.479 e. The Morgan fingerprint density at radius 3 is 1.32 bits per heavy atom. The van der Waals surface area contributed by atoms with Crippen LogP contribution in [0.25, 0.3) is 0 Å². The van der Waals surface area contributed by atoms with Gasteiger partial charge < -0.3 is 194 Å². The van der Waals surface area contributed by atoms with Gasteiger partial charge >= 0.3 is 16.4 Å². The highest BCUT2D eigenvalue weighted by Crippen LogP contribution is 2.41. The van der Waals surface area contributed by atoms with Gasteiger partial charge in [0.2, 0.25) is 17.7 Å². The highest BCUT2D eigenvalue weighted by atomic mass is 32.3. The van der Waals surface area contributed by atoms with Crippen LogP contribution in [0.2, 0.25) is 0 Å². The molecule has 8 fully saturated rings. The molecule has 40 atom stereocenters. The van der Waals surface area contributed by atoms with Crippen molar-refractivity contribution in [2.45, 2.75) is 273 Å². The predicted octanol–water partition coefficient (Wildman–Crippen LogP) is -17.1. The monoisotopic (exact) mass is 1520 g/mol. The Morgan fingerprint density at radius 1 is 0.353 bits per heavy atom. The summed E-state index contributed by atoms with van der Waals surface area (Å²) in [6, 6.07) is -5.49. The quantitative estimate of drug-likeness (QED) is 0.0358. The summed E-state index contributed by atoms with van der Waals surface area (Å²) in [5, 5.41) is 241. The molecule has 590 valence electrons. The van der Waals surface area contributed by atoms with Crippen LogP contribution in [-0.4, -0.2) is 429 Å². The van der Waals surface area contributed by atoms with E-state index < -0.39 is 319 Å². The molecule has 8 rings (SSSR count). The van der Waals surface area contributed by atoms with Crippen LogP contribution in [0.15, 0.2) is 0 Å². The van der Waals surface area contributed by atoms with E-state index in [2.05, 4.69) is 20.1 Å². The van der Waals surface area contributed by atoms with E-state index in [4.69, 9.17) is 71.1 Å². The van der Waals surface area contributed by atoms with Crippen molar-refractivity contribution in [2.75, 3.05) is 39.6 Å². The van der Waals surface area contributed by atoms with Gasteiger partial charge in [-0.15, -0.1) is 0 Å². The summed E-state index contributed by atoms with van der Waals surface area (Å²) in [5.74, 6) is -4.64. The second kappa shape index (κ2) is 35.6. The second-order valence-electron chi connectivity index (χ2n) is 25.2. The van der Waals surface area contributed by atoms with Gasteiger partial charge in [0.25, 0.3) is 0 Å². The Kier molecular flexibility index (Phi) is 29.3. The lowest BCUT2D eigenvalue weighted by Crippen LogP contribution is -2.71. The lowest BCUT2D eigenvalue weighted by molar-refractivity contribution is -0.420. The zero-order valence-corrected chi connectivity index (χ0v) is 54.9. The first-order valence-corrected chi connectivity index (χ1v) is 33.0. The molecule has 0 unspecified atom stereocenters. The van der Waals surface area contributed by atoms with Gasteiger partial charge in [-0.25, -0.2) is 8.98 Å². The standard InChI is InChI=1S/C54H89N3O44S/c1-11-24(65)31(72)35(76)50(88-11)101-45-44(100-53-38(79)42(27(68)16(6-59)91-53)98-52-36(77)32(73)33(74)43(99-52)46(80)81)40(96-51-37(78)34(75)39(17(7-60)92-51)95-49-22(56-13(3)63)30(71)25(66)15(5-58)90-49)18(8-61)93-54(45)97-41-23(57-14(4)64)47(82)89-19(28(41)69)9-86-48-21(55-12(2)62)29(70)26(67)20(94-48)10-87-102(83,84)85/h11,15-45,47-54,58-61,65-79,82H,5-10H2,1-4H3,(H,55,62)(H,56,63)(H,57,64)(H,80,81)(H,83,84,85)/t11-,15+,16+,17+,18+,19+,20+,21+,22+,23+,24+,25-,26+,27-,28-,29+,30+,31+,32-,33-,34+,35-,36+,37+,38-,39-,40-,41+,42-,43-,44-,45+,47+,48+,49+,50-,51-,52+,53-,54-/m0/s1. The third kappa shape index (κ3) is 18.9. The molecule has 0 bridgehead atoms. The Bertz CT molecular complexity index is 2850. The fourth-order valence-electron chi connectivity index (χ4n) is 12.6. The zero-order valence-electron chi connectivity index (χ0n) is 54.1. The summed E-state index contributed by atoms with van der Waals surface area (Å²) in [7, 11) is -5.23. The van der Waals surface area contributed by atoms with Crippen molar-refractivity contribution in [3.8, 4) is 0 Å². The molecule has 25 N–H and O–H groups in total. The van der Waals surface area contributed by atoms with Crippen LogP contribution >= 0.6 is 0 Å². The molecule has 47 nitrogen and oxygen atoms in total. The molecule has 8 aliphatic rings. The number of aliphatic hydroxyl groups excluding tert-OH is 20. The number of ether oxygens (including phenoxy) is 15. The first kappa shape index (κ1) is 84.0. The Balaban J connectivity index is 1.21. The summed E-state index contributed by atoms with van der Waals surface area (Å²) in [6.07, 6.45) is -81.7. The van der Waals surface area contributed by atoms with Gasteiger partial charge in [-0.3, -0.25) is 18.9 Å². The molecule has 0 spiro atoms. The van der Waals surface area contributed by atoms with Crippen LogP contribution in [0.4, 0.5) is 0 Å². The lowest BCUT2D eigenvalue weighted by Gasteiger charge is -2.53. The number of aliphatic carboxylic acids is 1. The van der Waals surface area contributed by atoms with Crippen LogP contribution < -0.4 is 16.0 Å². The van der Waals surface area contributed by atoms with Gasteiger partial charge in [0.05, 0.1) is 45.7 Å². The van der Waals surface area contributed by atoms with Gasteiger partial charge in [-0.05, 0) is 6.92 Å². The number of rotatable bonds is 26. The van der Waals surface area contributed by atoms with Crippen LogP contribution in [-0.2, 0) is 105 Å². The first-order chi connectivity index (χ1) is 47.9. The van der Waals surface area contributed by atoms with E-state index >= 15 is 0 Å². The maximum absolute atomic E-state index is 13.0. The fourth-order valence-corrected chi connectivity index (χ4v) is 12.9. The molecule has 0 saturated carbocycles. The van der Waals surface area contributed by atoms with E-state index in [-0.39, 0.29) is 0 Å². The maximum Gasteiger partial charge on any atom is 0.397 e. The number of nitrogens with one attached hydrogen (secondary N) is 3. The maximum atomic E-state index is 13.0. The van der Waals surface area contributed by atoms with Crippen LogP contribution in [0.1, 0.15) is 27.7 Å². The molecule has 3 amide bonds. The van der Waals surface area contributed by atoms with E-state index in [1.54, 1.807) is 0 Å². The molecular formula is C54H89N3O44S. The van der Waals surface area contributed by atoms with Gasteiger partial charge in [0, 0.05) is 20.8 Å². The molecule has 0 aromatic rings. The van der Waals surface area contributed by atoms with Crippen molar-refractivity contribution in [3.05, 3.63) is 0 Å². The lowest BCUT2D eigenvalue weighted by atomic mass is 9.93. The molecule has 0 aliphatic carbocycles. The molecule has 8 aliphatic heterocycles. The van der Waals surface area contributed by atoms with Gasteiger partial charge in [-0.2, -0.15) is 8.42 Å². The van der Waals surface area contributed by atoms with Crippen molar-refractivity contribution < 1.29 is 215 Å². The molecular weight excluding hydrogens is 1430 g/mol. The van der Waals surface area contributed by atoms with Crippen molar-refractivity contribution in [3.63, 3.8) is 0 Å². The summed E-state index contributed by atoms with van der Waals surface area (Å²) < 4.78 is 125.